The predicted octanol–water partition coefficient (Wildman–Crippen LogP) is 3.87. The summed E-state index contributed by atoms with van der Waals surface area (Å²) in [5.41, 5.74) is 10.4. The van der Waals surface area contributed by atoms with Crippen molar-refractivity contribution in [3.8, 4) is 11.3 Å². The number of nitrogens with two attached hydrogens (primary N) is 1. The van der Waals surface area contributed by atoms with Crippen molar-refractivity contribution in [3.05, 3.63) is 83.7 Å². The highest BCUT2D eigenvalue weighted by Crippen LogP contribution is 2.19. The van der Waals surface area contributed by atoms with Gasteiger partial charge in [-0.3, -0.25) is 0 Å². The molecule has 3 aromatic rings. The zero-order valence-electron chi connectivity index (χ0n) is 17.3. The van der Waals surface area contributed by atoms with Crippen LogP contribution in [0.3, 0.4) is 0 Å². The Balaban J connectivity index is 1.19. The van der Waals surface area contributed by atoms with Gasteiger partial charge >= 0.3 is 0 Å². The van der Waals surface area contributed by atoms with Gasteiger partial charge in [0.25, 0.3) is 0 Å². The lowest BCUT2D eigenvalue weighted by atomic mass is 10.1. The Hall–Kier alpha value is -2.76. The molecule has 5 heteroatoms. The smallest absolute Gasteiger partial charge is 0.124 e. The van der Waals surface area contributed by atoms with Gasteiger partial charge in [0.1, 0.15) is 11.6 Å². The second kappa shape index (κ2) is 9.83. The standard InChI is InChI=1S/C25H29FN4/c26-23-10-6-21(7-11-23)13-15-30-18-16-29(17-19-30)14-12-20-4-8-22(9-5-20)24-2-1-3-25(27)28-24/h1-11H,12-19H2,(H2,27,28). The third kappa shape index (κ3) is 5.65. The lowest BCUT2D eigenvalue weighted by Crippen LogP contribution is -2.47. The van der Waals surface area contributed by atoms with Gasteiger partial charge in [-0.05, 0) is 48.2 Å². The lowest BCUT2D eigenvalue weighted by molar-refractivity contribution is 0.134. The van der Waals surface area contributed by atoms with Crippen molar-refractivity contribution < 1.29 is 4.39 Å². The van der Waals surface area contributed by atoms with Crippen LogP contribution in [0.25, 0.3) is 11.3 Å². The summed E-state index contributed by atoms with van der Waals surface area (Å²) in [5, 5.41) is 0. The highest BCUT2D eigenvalue weighted by Gasteiger charge is 2.16. The molecule has 2 N–H and O–H groups in total. The molecule has 2 aromatic carbocycles. The molecule has 0 spiro atoms. The number of pyridine rings is 1. The van der Waals surface area contributed by atoms with Gasteiger partial charge in [0.05, 0.1) is 5.69 Å². The van der Waals surface area contributed by atoms with Crippen molar-refractivity contribution in [1.29, 1.82) is 0 Å². The van der Waals surface area contributed by atoms with E-state index in [-0.39, 0.29) is 5.82 Å². The maximum absolute atomic E-state index is 13.0. The molecule has 0 aliphatic carbocycles. The first-order valence-electron chi connectivity index (χ1n) is 10.7. The number of nitrogen functional groups attached to an aromatic ring is 1. The predicted molar refractivity (Wildman–Crippen MR) is 121 cm³/mol. The number of hydrogen-bond donors (Lipinski definition) is 1. The van der Waals surface area contributed by atoms with Crippen LogP contribution in [0.4, 0.5) is 10.2 Å². The van der Waals surface area contributed by atoms with Gasteiger partial charge in [-0.15, -0.1) is 0 Å². The summed E-state index contributed by atoms with van der Waals surface area (Å²) in [5.74, 6) is 0.386. The molecule has 2 heterocycles. The van der Waals surface area contributed by atoms with E-state index in [2.05, 4.69) is 39.0 Å². The maximum Gasteiger partial charge on any atom is 0.124 e. The second-order valence-electron chi connectivity index (χ2n) is 7.95. The zero-order chi connectivity index (χ0) is 20.8. The quantitative estimate of drug-likeness (QED) is 0.649. The third-order valence-corrected chi connectivity index (χ3v) is 5.83. The van der Waals surface area contributed by atoms with E-state index in [9.17, 15) is 4.39 Å². The number of nitrogens with zero attached hydrogens (tertiary/aromatic N) is 3. The van der Waals surface area contributed by atoms with Crippen LogP contribution in [0.5, 0.6) is 0 Å². The van der Waals surface area contributed by atoms with Gasteiger partial charge in [0, 0.05) is 44.8 Å². The Morgan fingerprint density at radius 2 is 1.27 bits per heavy atom. The summed E-state index contributed by atoms with van der Waals surface area (Å²) < 4.78 is 13.0. The first-order chi connectivity index (χ1) is 14.7. The average Bonchev–Trinajstić information content (AvgIpc) is 2.78. The molecular weight excluding hydrogens is 375 g/mol. The Bertz CT molecular complexity index is 932. The fraction of sp³-hybridized carbons (Fsp3) is 0.320. The van der Waals surface area contributed by atoms with Crippen molar-refractivity contribution in [3.63, 3.8) is 0 Å². The van der Waals surface area contributed by atoms with Crippen molar-refractivity contribution in [1.82, 2.24) is 14.8 Å². The second-order valence-corrected chi connectivity index (χ2v) is 7.95. The minimum atomic E-state index is -0.163. The van der Waals surface area contributed by atoms with Gasteiger partial charge in [0.15, 0.2) is 0 Å². The summed E-state index contributed by atoms with van der Waals surface area (Å²) >= 11 is 0. The SMILES string of the molecule is Nc1cccc(-c2ccc(CCN3CCN(CCc4ccc(F)cc4)CC3)cc2)n1. The van der Waals surface area contributed by atoms with Gasteiger partial charge in [-0.2, -0.15) is 0 Å². The minimum Gasteiger partial charge on any atom is -0.384 e. The summed E-state index contributed by atoms with van der Waals surface area (Å²) in [4.78, 5) is 9.44. The number of aromatic nitrogens is 1. The third-order valence-electron chi connectivity index (χ3n) is 5.83. The van der Waals surface area contributed by atoms with E-state index in [4.69, 9.17) is 5.73 Å². The van der Waals surface area contributed by atoms with Crippen LogP contribution in [0.2, 0.25) is 0 Å². The number of halogens is 1. The molecule has 30 heavy (non-hydrogen) atoms. The molecule has 0 saturated carbocycles. The summed E-state index contributed by atoms with van der Waals surface area (Å²) in [6.45, 7) is 6.53. The molecule has 0 bridgehead atoms. The average molecular weight is 405 g/mol. The van der Waals surface area contributed by atoms with E-state index < -0.39 is 0 Å². The first kappa shape index (κ1) is 20.5. The van der Waals surface area contributed by atoms with Crippen molar-refractivity contribution in [2.75, 3.05) is 45.0 Å². The highest BCUT2D eigenvalue weighted by atomic mass is 19.1. The van der Waals surface area contributed by atoms with E-state index in [0.29, 0.717) is 5.82 Å². The van der Waals surface area contributed by atoms with Crippen LogP contribution in [0.1, 0.15) is 11.1 Å². The van der Waals surface area contributed by atoms with Crippen LogP contribution in [0, 0.1) is 5.82 Å². The monoisotopic (exact) mass is 404 g/mol. The van der Waals surface area contributed by atoms with Gasteiger partial charge < -0.3 is 15.5 Å². The fourth-order valence-corrected chi connectivity index (χ4v) is 3.92. The topological polar surface area (TPSA) is 45.4 Å². The molecule has 0 atom stereocenters. The molecule has 4 rings (SSSR count). The molecule has 1 aliphatic rings. The van der Waals surface area contributed by atoms with E-state index in [1.165, 1.54) is 11.1 Å². The lowest BCUT2D eigenvalue weighted by Gasteiger charge is -2.34. The Morgan fingerprint density at radius 1 is 0.733 bits per heavy atom. The summed E-state index contributed by atoms with van der Waals surface area (Å²) in [6.07, 6.45) is 2.04. The van der Waals surface area contributed by atoms with Crippen LogP contribution in [-0.2, 0) is 12.8 Å². The van der Waals surface area contributed by atoms with Crippen molar-refractivity contribution in [2.24, 2.45) is 0 Å². The number of benzene rings is 2. The molecule has 156 valence electrons. The summed E-state index contributed by atoms with van der Waals surface area (Å²) in [6, 6.07) is 21.2. The molecule has 1 saturated heterocycles. The zero-order valence-corrected chi connectivity index (χ0v) is 17.3. The Labute approximate surface area is 178 Å². The van der Waals surface area contributed by atoms with E-state index in [1.807, 2.05) is 24.3 Å². The molecule has 1 aliphatic heterocycles. The number of hydrogen-bond acceptors (Lipinski definition) is 4. The first-order valence-corrected chi connectivity index (χ1v) is 10.7. The molecular formula is C25H29FN4. The van der Waals surface area contributed by atoms with E-state index in [0.717, 1.165) is 63.4 Å². The number of rotatable bonds is 7. The fourth-order valence-electron chi connectivity index (χ4n) is 3.92. The van der Waals surface area contributed by atoms with Crippen LogP contribution >= 0.6 is 0 Å². The molecule has 0 amide bonds. The largest absolute Gasteiger partial charge is 0.384 e. The van der Waals surface area contributed by atoms with Crippen molar-refractivity contribution >= 4 is 5.82 Å². The van der Waals surface area contributed by atoms with E-state index >= 15 is 0 Å². The summed E-state index contributed by atoms with van der Waals surface area (Å²) in [7, 11) is 0. The van der Waals surface area contributed by atoms with E-state index in [1.54, 1.807) is 18.2 Å². The van der Waals surface area contributed by atoms with Gasteiger partial charge in [-0.25, -0.2) is 9.37 Å². The molecule has 1 fully saturated rings. The van der Waals surface area contributed by atoms with Gasteiger partial charge in [0.2, 0.25) is 0 Å². The van der Waals surface area contributed by atoms with Crippen molar-refractivity contribution in [2.45, 2.75) is 12.8 Å². The number of anilines is 1. The normalized spacial score (nSPS) is 15.4. The highest BCUT2D eigenvalue weighted by molar-refractivity contribution is 5.61. The molecule has 0 radical (unpaired) electrons. The minimum absolute atomic E-state index is 0.163. The number of piperazine rings is 1. The van der Waals surface area contributed by atoms with Gasteiger partial charge in [-0.1, -0.05) is 42.5 Å². The molecule has 0 unspecified atom stereocenters. The molecule has 1 aromatic heterocycles. The Morgan fingerprint density at radius 3 is 1.80 bits per heavy atom. The van der Waals surface area contributed by atoms with Crippen LogP contribution in [-0.4, -0.2) is 54.1 Å². The maximum atomic E-state index is 13.0. The Kier molecular flexibility index (Phi) is 6.72. The van der Waals surface area contributed by atoms with Crippen LogP contribution in [0.15, 0.2) is 66.7 Å². The van der Waals surface area contributed by atoms with Crippen LogP contribution < -0.4 is 5.73 Å². The molecule has 4 nitrogen and oxygen atoms in total.